The summed E-state index contributed by atoms with van der Waals surface area (Å²) in [5.74, 6) is 1.62. The van der Waals surface area contributed by atoms with E-state index in [-0.39, 0.29) is 6.61 Å². The fraction of sp³-hybridized carbons (Fsp3) is 0.500. The molecule has 3 N–H and O–H groups in total. The lowest BCUT2D eigenvalue weighted by Crippen LogP contribution is -2.37. The van der Waals surface area contributed by atoms with E-state index in [0.717, 1.165) is 4.57 Å². The third-order valence-corrected chi connectivity index (χ3v) is 3.17. The van der Waals surface area contributed by atoms with Crippen LogP contribution in [0, 0.1) is 25.2 Å². The van der Waals surface area contributed by atoms with Gasteiger partial charge in [-0.1, -0.05) is 5.92 Å². The highest BCUT2D eigenvalue weighted by Gasteiger charge is 2.43. The number of H-pyrrole nitrogens is 1. The van der Waals surface area contributed by atoms with Gasteiger partial charge >= 0.3 is 5.69 Å². The summed E-state index contributed by atoms with van der Waals surface area (Å²) in [4.78, 5) is 25.1. The number of nitrogens with one attached hydrogen (secondary N) is 1. The minimum Gasteiger partial charge on any atom is -0.394 e. The van der Waals surface area contributed by atoms with E-state index in [1.807, 2.05) is 0 Å². The highest BCUT2D eigenvalue weighted by molar-refractivity contribution is 5.08. The Hall–Kier alpha value is -1.88. The molecule has 1 aliphatic heterocycles. The van der Waals surface area contributed by atoms with Crippen molar-refractivity contribution in [2.75, 3.05) is 6.61 Å². The molecule has 0 radical (unpaired) electrons. The molecular weight excluding hydrogens is 252 g/mol. The number of aliphatic hydroxyl groups excluding tert-OH is 2. The molecule has 0 saturated carbocycles. The lowest BCUT2D eigenvalue weighted by molar-refractivity contribution is -0.0534. The number of aromatic nitrogens is 2. The van der Waals surface area contributed by atoms with Gasteiger partial charge in [0, 0.05) is 11.8 Å². The lowest BCUT2D eigenvalue weighted by atomic mass is 9.99. The van der Waals surface area contributed by atoms with Crippen molar-refractivity contribution < 1.29 is 14.9 Å². The van der Waals surface area contributed by atoms with E-state index in [0.29, 0.717) is 5.56 Å². The van der Waals surface area contributed by atoms with Gasteiger partial charge in [-0.3, -0.25) is 14.3 Å². The summed E-state index contributed by atoms with van der Waals surface area (Å²) in [5, 5.41) is 19.2. The van der Waals surface area contributed by atoms with Crippen molar-refractivity contribution in [2.24, 2.45) is 5.92 Å². The monoisotopic (exact) mass is 266 g/mol. The van der Waals surface area contributed by atoms with Gasteiger partial charge in [-0.2, -0.15) is 0 Å². The van der Waals surface area contributed by atoms with E-state index in [9.17, 15) is 14.7 Å². The van der Waals surface area contributed by atoms with Gasteiger partial charge in [0.2, 0.25) is 0 Å². The number of rotatable bonds is 2. The minimum absolute atomic E-state index is 0.306. The molecule has 7 nitrogen and oxygen atoms in total. The van der Waals surface area contributed by atoms with E-state index in [4.69, 9.17) is 16.3 Å². The Labute approximate surface area is 108 Å². The van der Waals surface area contributed by atoms with Crippen LogP contribution in [0.5, 0.6) is 0 Å². The van der Waals surface area contributed by atoms with Crippen LogP contribution in [0.1, 0.15) is 11.8 Å². The van der Waals surface area contributed by atoms with Gasteiger partial charge in [-0.25, -0.2) is 4.79 Å². The maximum atomic E-state index is 11.7. The molecule has 2 rings (SSSR count). The Morgan fingerprint density at radius 1 is 1.58 bits per heavy atom. The number of aromatic amines is 1. The quantitative estimate of drug-likeness (QED) is 0.556. The highest BCUT2D eigenvalue weighted by Crippen LogP contribution is 2.32. The zero-order chi connectivity index (χ0) is 14.2. The number of hydrogen-bond acceptors (Lipinski definition) is 5. The van der Waals surface area contributed by atoms with Crippen LogP contribution in [0.2, 0.25) is 0 Å². The fourth-order valence-electron chi connectivity index (χ4n) is 2.11. The van der Waals surface area contributed by atoms with E-state index >= 15 is 0 Å². The first-order chi connectivity index (χ1) is 8.99. The van der Waals surface area contributed by atoms with Crippen molar-refractivity contribution in [2.45, 2.75) is 25.4 Å². The second kappa shape index (κ2) is 5.01. The van der Waals surface area contributed by atoms with Crippen molar-refractivity contribution in [1.29, 1.82) is 0 Å². The average Bonchev–Trinajstić information content (AvgIpc) is 2.70. The zero-order valence-electron chi connectivity index (χ0n) is 10.2. The van der Waals surface area contributed by atoms with Crippen LogP contribution >= 0.6 is 0 Å². The van der Waals surface area contributed by atoms with Gasteiger partial charge in [0.1, 0.15) is 6.10 Å². The Kier molecular flexibility index (Phi) is 3.57. The largest absolute Gasteiger partial charge is 0.394 e. The van der Waals surface area contributed by atoms with Crippen LogP contribution in [0.15, 0.2) is 15.8 Å². The molecule has 0 unspecified atom stereocenters. The van der Waals surface area contributed by atoms with Crippen LogP contribution in [0.25, 0.3) is 0 Å². The summed E-state index contributed by atoms with van der Waals surface area (Å²) in [7, 11) is 0. The van der Waals surface area contributed by atoms with E-state index < -0.39 is 35.6 Å². The van der Waals surface area contributed by atoms with Crippen molar-refractivity contribution in [1.82, 2.24) is 9.55 Å². The summed E-state index contributed by atoms with van der Waals surface area (Å²) >= 11 is 0. The fourth-order valence-corrected chi connectivity index (χ4v) is 2.11. The second-order valence-electron chi connectivity index (χ2n) is 4.41. The van der Waals surface area contributed by atoms with Crippen LogP contribution < -0.4 is 11.2 Å². The summed E-state index contributed by atoms with van der Waals surface area (Å²) in [6.45, 7) is 1.16. The first kappa shape index (κ1) is 13.5. The van der Waals surface area contributed by atoms with Gasteiger partial charge in [-0.15, -0.1) is 6.42 Å². The number of hydrogen-bond donors (Lipinski definition) is 3. The molecule has 102 valence electrons. The Morgan fingerprint density at radius 2 is 2.26 bits per heavy atom. The molecule has 0 aromatic carbocycles. The number of ether oxygens (including phenoxy) is 1. The molecule has 1 saturated heterocycles. The van der Waals surface area contributed by atoms with Gasteiger partial charge in [-0.05, 0) is 6.92 Å². The van der Waals surface area contributed by atoms with Crippen molar-refractivity contribution in [3.63, 3.8) is 0 Å². The standard InChI is InChI=1S/C12H14N2O5/c1-3-7-8(5-15)19-11(9(7)16)14-4-6(2)10(17)13-12(14)18/h1,4,7-9,11,15-16H,5H2,2H3,(H,13,17,18)/t7-,8-,9+,11-/m1/s1. The third-order valence-electron chi connectivity index (χ3n) is 3.17. The lowest BCUT2D eigenvalue weighted by Gasteiger charge is -2.17. The topological polar surface area (TPSA) is 105 Å². The van der Waals surface area contributed by atoms with Gasteiger partial charge in [0.05, 0.1) is 18.6 Å². The molecule has 2 heterocycles. The predicted molar refractivity (Wildman–Crippen MR) is 65.4 cm³/mol. The summed E-state index contributed by atoms with van der Waals surface area (Å²) in [5.41, 5.74) is -0.893. The number of nitrogens with zero attached hydrogens (tertiary/aromatic N) is 1. The number of terminal acetylenes is 1. The van der Waals surface area contributed by atoms with E-state index in [1.54, 1.807) is 0 Å². The van der Waals surface area contributed by atoms with Crippen molar-refractivity contribution in [3.8, 4) is 12.3 Å². The highest BCUT2D eigenvalue weighted by atomic mass is 16.5. The smallest absolute Gasteiger partial charge is 0.330 e. The SMILES string of the molecule is C#C[C@H]1[C@H](O)[C@H](n2cc(C)c(=O)[nH]c2=O)O[C@@H]1CO. The number of aliphatic hydroxyl groups is 2. The Balaban J connectivity index is 2.44. The van der Waals surface area contributed by atoms with Crippen LogP contribution in [0.4, 0.5) is 0 Å². The van der Waals surface area contributed by atoms with Gasteiger partial charge in [0.25, 0.3) is 5.56 Å². The molecule has 7 heteroatoms. The number of aryl methyl sites for hydroxylation is 1. The molecule has 1 fully saturated rings. The zero-order valence-corrected chi connectivity index (χ0v) is 10.2. The minimum atomic E-state index is -1.13. The third kappa shape index (κ3) is 2.21. The molecule has 0 aliphatic carbocycles. The van der Waals surface area contributed by atoms with Crippen LogP contribution in [-0.2, 0) is 4.74 Å². The van der Waals surface area contributed by atoms with Crippen molar-refractivity contribution >= 4 is 0 Å². The van der Waals surface area contributed by atoms with Gasteiger partial charge in [0.15, 0.2) is 6.23 Å². The average molecular weight is 266 g/mol. The molecular formula is C12H14N2O5. The molecule has 0 spiro atoms. The van der Waals surface area contributed by atoms with E-state index in [1.165, 1.54) is 13.1 Å². The second-order valence-corrected chi connectivity index (χ2v) is 4.41. The molecule has 1 aliphatic rings. The molecule has 19 heavy (non-hydrogen) atoms. The normalized spacial score (nSPS) is 30.2. The molecule has 0 bridgehead atoms. The first-order valence-electron chi connectivity index (χ1n) is 5.72. The summed E-state index contributed by atoms with van der Waals surface area (Å²) in [6.07, 6.45) is 3.66. The first-order valence-corrected chi connectivity index (χ1v) is 5.72. The molecule has 4 atom stereocenters. The Morgan fingerprint density at radius 3 is 2.79 bits per heavy atom. The van der Waals surface area contributed by atoms with Crippen molar-refractivity contribution in [3.05, 3.63) is 32.6 Å². The van der Waals surface area contributed by atoms with Crippen LogP contribution in [-0.4, -0.2) is 38.6 Å². The Bertz CT molecular complexity index is 626. The maximum absolute atomic E-state index is 11.7. The summed E-state index contributed by atoms with van der Waals surface area (Å²) < 4.78 is 6.46. The van der Waals surface area contributed by atoms with Crippen LogP contribution in [0.3, 0.4) is 0 Å². The maximum Gasteiger partial charge on any atom is 0.330 e. The van der Waals surface area contributed by atoms with E-state index in [2.05, 4.69) is 10.9 Å². The molecule has 0 amide bonds. The molecule has 1 aromatic heterocycles. The summed E-state index contributed by atoms with van der Waals surface area (Å²) in [6, 6.07) is 0. The molecule has 1 aromatic rings. The van der Waals surface area contributed by atoms with Gasteiger partial charge < -0.3 is 14.9 Å². The predicted octanol–water partition coefficient (Wildman–Crippen LogP) is -1.65.